The zero-order valence-electron chi connectivity index (χ0n) is 7.00. The Morgan fingerprint density at radius 3 is 2.45 bits per heavy atom. The van der Waals surface area contributed by atoms with Crippen molar-refractivity contribution in [2.75, 3.05) is 0 Å². The number of hydrogen-bond donors (Lipinski definition) is 1. The van der Waals surface area contributed by atoms with Crippen LogP contribution in [0.4, 0.5) is 0 Å². The Morgan fingerprint density at radius 1 is 1.73 bits per heavy atom. The molecule has 0 aromatic rings. The summed E-state index contributed by atoms with van der Waals surface area (Å²) in [6.45, 7) is 11.1. The van der Waals surface area contributed by atoms with Crippen LogP contribution in [0.2, 0.25) is 0 Å². The average Bonchev–Trinajstić information content (AvgIpc) is 2.56. The lowest BCUT2D eigenvalue weighted by molar-refractivity contribution is 0.170. The van der Waals surface area contributed by atoms with Crippen LogP contribution in [0, 0.1) is 0 Å². The molecule has 2 atom stereocenters. The number of ether oxygens (including phenoxy) is 1. The fraction of sp³-hybridized carbons (Fsp3) is 0.556. The van der Waals surface area contributed by atoms with Gasteiger partial charge in [0.15, 0.2) is 0 Å². The summed E-state index contributed by atoms with van der Waals surface area (Å²) < 4.78 is 5.23. The van der Waals surface area contributed by atoms with Gasteiger partial charge in [0, 0.05) is 0 Å². The lowest BCUT2D eigenvalue weighted by Gasteiger charge is -2.07. The molecule has 2 heteroatoms. The first-order chi connectivity index (χ1) is 4.99. The molecule has 1 aliphatic rings. The largest absolute Gasteiger partial charge is 0.386 e. The minimum Gasteiger partial charge on any atom is -0.386 e. The van der Waals surface area contributed by atoms with Crippen LogP contribution in [0.1, 0.15) is 13.8 Å². The molecule has 62 valence electrons. The van der Waals surface area contributed by atoms with Crippen LogP contribution < -0.4 is 0 Å². The van der Waals surface area contributed by atoms with E-state index in [-0.39, 0.29) is 11.7 Å². The summed E-state index contributed by atoms with van der Waals surface area (Å²) in [6.07, 6.45) is 0.859. The van der Waals surface area contributed by atoms with Gasteiger partial charge in [-0.3, -0.25) is 0 Å². The van der Waals surface area contributed by atoms with E-state index in [0.717, 1.165) is 0 Å². The van der Waals surface area contributed by atoms with Crippen molar-refractivity contribution in [1.82, 2.24) is 0 Å². The highest BCUT2D eigenvalue weighted by molar-refractivity contribution is 5.22. The summed E-state index contributed by atoms with van der Waals surface area (Å²) in [6, 6.07) is 0. The fourth-order valence-corrected chi connectivity index (χ4v) is 1.05. The molecule has 0 amide bonds. The maximum atomic E-state index is 9.50. The van der Waals surface area contributed by atoms with Crippen LogP contribution >= 0.6 is 0 Å². The van der Waals surface area contributed by atoms with Crippen LogP contribution in [0.15, 0.2) is 24.8 Å². The summed E-state index contributed by atoms with van der Waals surface area (Å²) in [4.78, 5) is 0. The van der Waals surface area contributed by atoms with E-state index in [1.165, 1.54) is 0 Å². The van der Waals surface area contributed by atoms with Gasteiger partial charge in [0.05, 0.1) is 5.60 Å². The van der Waals surface area contributed by atoms with E-state index in [1.54, 1.807) is 6.08 Å². The smallest absolute Gasteiger partial charge is 0.117 e. The average molecular weight is 154 g/mol. The highest BCUT2D eigenvalue weighted by Gasteiger charge is 2.52. The van der Waals surface area contributed by atoms with Crippen LogP contribution in [0.5, 0.6) is 0 Å². The molecule has 0 saturated carbocycles. The van der Waals surface area contributed by atoms with E-state index in [1.807, 2.05) is 13.8 Å². The van der Waals surface area contributed by atoms with Gasteiger partial charge in [0.2, 0.25) is 0 Å². The third-order valence-corrected chi connectivity index (χ3v) is 1.99. The quantitative estimate of drug-likeness (QED) is 0.490. The zero-order chi connectivity index (χ0) is 8.65. The number of hydrogen-bond acceptors (Lipinski definition) is 2. The first-order valence-corrected chi connectivity index (χ1v) is 3.66. The van der Waals surface area contributed by atoms with Crippen LogP contribution in [0.25, 0.3) is 0 Å². The molecular weight excluding hydrogens is 140 g/mol. The predicted molar refractivity (Wildman–Crippen MR) is 44.3 cm³/mol. The maximum Gasteiger partial charge on any atom is 0.117 e. The van der Waals surface area contributed by atoms with Gasteiger partial charge in [-0.15, -0.1) is 0 Å². The number of aliphatic hydroxyl groups is 1. The Kier molecular flexibility index (Phi) is 1.90. The monoisotopic (exact) mass is 154 g/mol. The van der Waals surface area contributed by atoms with Gasteiger partial charge in [0.1, 0.15) is 12.2 Å². The Hall–Kier alpha value is -0.600. The molecule has 0 aromatic carbocycles. The summed E-state index contributed by atoms with van der Waals surface area (Å²) >= 11 is 0. The van der Waals surface area contributed by atoms with Crippen molar-refractivity contribution < 1.29 is 9.84 Å². The molecule has 0 radical (unpaired) electrons. The Labute approximate surface area is 67.2 Å². The second-order valence-electron chi connectivity index (χ2n) is 3.37. The van der Waals surface area contributed by atoms with Gasteiger partial charge in [-0.25, -0.2) is 0 Å². The molecule has 1 fully saturated rings. The van der Waals surface area contributed by atoms with E-state index >= 15 is 0 Å². The molecule has 1 saturated heterocycles. The third-order valence-electron chi connectivity index (χ3n) is 1.99. The minimum absolute atomic E-state index is 0.104. The van der Waals surface area contributed by atoms with Crippen molar-refractivity contribution in [3.63, 3.8) is 0 Å². The van der Waals surface area contributed by atoms with Crippen molar-refractivity contribution >= 4 is 0 Å². The molecule has 0 aromatic heterocycles. The molecule has 1 aliphatic heterocycles. The molecule has 2 unspecified atom stereocenters. The van der Waals surface area contributed by atoms with Gasteiger partial charge in [-0.2, -0.15) is 0 Å². The zero-order valence-corrected chi connectivity index (χ0v) is 7.00. The second-order valence-corrected chi connectivity index (χ2v) is 3.37. The number of epoxide rings is 1. The lowest BCUT2D eigenvalue weighted by atomic mass is 10.0. The van der Waals surface area contributed by atoms with Crippen molar-refractivity contribution in [3.05, 3.63) is 24.8 Å². The first kappa shape index (κ1) is 8.50. The predicted octanol–water partition coefficient (Wildman–Crippen LogP) is 1.27. The lowest BCUT2D eigenvalue weighted by Crippen LogP contribution is -2.21. The molecule has 0 spiro atoms. The second kappa shape index (κ2) is 2.47. The molecule has 1 rings (SSSR count). The van der Waals surface area contributed by atoms with Gasteiger partial charge < -0.3 is 9.84 Å². The van der Waals surface area contributed by atoms with Crippen molar-refractivity contribution in [1.29, 1.82) is 0 Å². The van der Waals surface area contributed by atoms with Gasteiger partial charge in [-0.05, 0) is 19.4 Å². The topological polar surface area (TPSA) is 32.8 Å². The van der Waals surface area contributed by atoms with Crippen LogP contribution in [-0.2, 0) is 4.74 Å². The van der Waals surface area contributed by atoms with E-state index in [4.69, 9.17) is 4.74 Å². The highest BCUT2D eigenvalue weighted by Crippen LogP contribution is 2.39. The van der Waals surface area contributed by atoms with Crippen molar-refractivity contribution in [3.8, 4) is 0 Å². The summed E-state index contributed by atoms with van der Waals surface area (Å²) in [5.41, 5.74) is 0.436. The molecule has 2 nitrogen and oxygen atoms in total. The summed E-state index contributed by atoms with van der Waals surface area (Å²) in [5, 5.41) is 9.50. The summed E-state index contributed by atoms with van der Waals surface area (Å²) in [5.74, 6) is 0. The maximum absolute atomic E-state index is 9.50. The van der Waals surface area contributed by atoms with Gasteiger partial charge >= 0.3 is 0 Å². The highest BCUT2D eigenvalue weighted by atomic mass is 16.6. The molecule has 1 heterocycles. The van der Waals surface area contributed by atoms with Gasteiger partial charge in [0.25, 0.3) is 0 Å². The number of aliphatic hydroxyl groups excluding tert-OH is 1. The van der Waals surface area contributed by atoms with Crippen molar-refractivity contribution in [2.24, 2.45) is 0 Å². The Bertz CT molecular complexity index is 194. The Morgan fingerprint density at radius 2 is 2.18 bits per heavy atom. The third kappa shape index (κ3) is 1.52. The normalized spacial score (nSPS) is 29.2. The van der Waals surface area contributed by atoms with E-state index < -0.39 is 6.10 Å². The van der Waals surface area contributed by atoms with Crippen molar-refractivity contribution in [2.45, 2.75) is 31.7 Å². The summed E-state index contributed by atoms with van der Waals surface area (Å²) in [7, 11) is 0. The van der Waals surface area contributed by atoms with Crippen LogP contribution in [0.3, 0.4) is 0 Å². The van der Waals surface area contributed by atoms with E-state index in [9.17, 15) is 5.11 Å². The fourth-order valence-electron chi connectivity index (χ4n) is 1.05. The molecule has 11 heavy (non-hydrogen) atoms. The minimum atomic E-state index is -0.595. The van der Waals surface area contributed by atoms with E-state index in [2.05, 4.69) is 13.2 Å². The standard InChI is InChI=1S/C9H14O2/c1-5-6(2)7(10)8-9(3,4)11-8/h5,7-8,10H,1-2H2,3-4H3. The molecule has 0 aliphatic carbocycles. The molecule has 1 N–H and O–H groups in total. The number of rotatable bonds is 3. The van der Waals surface area contributed by atoms with E-state index in [0.29, 0.717) is 5.57 Å². The van der Waals surface area contributed by atoms with Gasteiger partial charge in [-0.1, -0.05) is 19.2 Å². The molecule has 0 bridgehead atoms. The molecular formula is C9H14O2. The Balaban J connectivity index is 2.51. The first-order valence-electron chi connectivity index (χ1n) is 3.66. The SMILES string of the molecule is C=CC(=C)C(O)C1OC1(C)C. The van der Waals surface area contributed by atoms with Crippen LogP contribution in [-0.4, -0.2) is 22.9 Å².